The summed E-state index contributed by atoms with van der Waals surface area (Å²) in [6.45, 7) is 12.8. The summed E-state index contributed by atoms with van der Waals surface area (Å²) < 4.78 is 2.27. The number of carbonyl (C=O) groups is 1. The van der Waals surface area contributed by atoms with Gasteiger partial charge in [-0.3, -0.25) is 4.79 Å². The smallest absolute Gasteiger partial charge is 0.243 e. The number of amides is 1. The van der Waals surface area contributed by atoms with Crippen LogP contribution in [0.3, 0.4) is 0 Å². The molecule has 1 amide bonds. The van der Waals surface area contributed by atoms with Gasteiger partial charge in [0.25, 0.3) is 0 Å². The summed E-state index contributed by atoms with van der Waals surface area (Å²) in [5.41, 5.74) is 7.23. The van der Waals surface area contributed by atoms with E-state index >= 15 is 0 Å². The van der Waals surface area contributed by atoms with Crippen LogP contribution in [0, 0.1) is 11.3 Å². The Bertz CT molecular complexity index is 1550. The van der Waals surface area contributed by atoms with Gasteiger partial charge in [0.05, 0.1) is 29.5 Å². The number of likely N-dealkylation sites (tertiary alicyclic amines) is 1. The van der Waals surface area contributed by atoms with E-state index in [0.717, 1.165) is 73.2 Å². The van der Waals surface area contributed by atoms with Gasteiger partial charge in [-0.15, -0.1) is 0 Å². The fraction of sp³-hybridized carbons (Fsp3) is 0.290. The maximum absolute atomic E-state index is 11.8. The van der Waals surface area contributed by atoms with Crippen LogP contribution < -0.4 is 10.6 Å². The molecular formula is C31H33N7O. The highest BCUT2D eigenvalue weighted by Gasteiger charge is 2.21. The predicted molar refractivity (Wildman–Crippen MR) is 155 cm³/mol. The van der Waals surface area contributed by atoms with E-state index in [2.05, 4.69) is 74.8 Å². The number of aryl methyl sites for hydroxylation is 2. The summed E-state index contributed by atoms with van der Waals surface area (Å²) >= 11 is 0. The first-order valence-electron chi connectivity index (χ1n) is 13.4. The monoisotopic (exact) mass is 519 g/mol. The Kier molecular flexibility index (Phi) is 7.60. The highest BCUT2D eigenvalue weighted by molar-refractivity contribution is 5.98. The van der Waals surface area contributed by atoms with Crippen LogP contribution in [-0.4, -0.2) is 45.0 Å². The average molecular weight is 520 g/mol. The van der Waals surface area contributed by atoms with E-state index in [0.29, 0.717) is 23.8 Å². The van der Waals surface area contributed by atoms with Crippen molar-refractivity contribution in [1.29, 1.82) is 5.26 Å². The fourth-order valence-electron chi connectivity index (χ4n) is 5.44. The maximum atomic E-state index is 11.8. The molecule has 8 nitrogen and oxygen atoms in total. The lowest BCUT2D eigenvalue weighted by molar-refractivity contribution is -0.116. The van der Waals surface area contributed by atoms with Gasteiger partial charge in [0.1, 0.15) is 6.07 Å². The highest BCUT2D eigenvalue weighted by Crippen LogP contribution is 2.36. The van der Waals surface area contributed by atoms with Crippen LogP contribution in [0.25, 0.3) is 22.2 Å². The molecule has 198 valence electrons. The molecule has 0 saturated carbocycles. The van der Waals surface area contributed by atoms with Crippen molar-refractivity contribution in [3.05, 3.63) is 90.1 Å². The normalized spacial score (nSPS) is 15.5. The number of rotatable bonds is 9. The summed E-state index contributed by atoms with van der Waals surface area (Å²) in [4.78, 5) is 23.4. The number of nitriles is 1. The summed E-state index contributed by atoms with van der Waals surface area (Å²) in [6, 6.07) is 8.62. The highest BCUT2D eigenvalue weighted by atomic mass is 16.1. The van der Waals surface area contributed by atoms with E-state index in [9.17, 15) is 10.1 Å². The first-order valence-corrected chi connectivity index (χ1v) is 13.4. The number of nitrogens with zero attached hydrogens (tertiary/aromatic N) is 5. The second-order valence-corrected chi connectivity index (χ2v) is 9.90. The average Bonchev–Trinajstić information content (AvgIpc) is 3.63. The van der Waals surface area contributed by atoms with Crippen LogP contribution in [0.2, 0.25) is 0 Å². The molecule has 0 atom stereocenters. The van der Waals surface area contributed by atoms with Crippen LogP contribution in [0.15, 0.2) is 78.9 Å². The van der Waals surface area contributed by atoms with Crippen molar-refractivity contribution in [2.75, 3.05) is 25.0 Å². The molecule has 1 aromatic carbocycles. The van der Waals surface area contributed by atoms with E-state index in [4.69, 9.17) is 4.98 Å². The van der Waals surface area contributed by atoms with Gasteiger partial charge in [0.2, 0.25) is 11.9 Å². The van der Waals surface area contributed by atoms with Crippen LogP contribution in [-0.2, 0) is 17.8 Å². The molecule has 2 aromatic heterocycles. The zero-order valence-corrected chi connectivity index (χ0v) is 22.3. The quantitative estimate of drug-likeness (QED) is 0.303. The molecule has 0 unspecified atom stereocenters. The second-order valence-electron chi connectivity index (χ2n) is 9.90. The lowest BCUT2D eigenvalue weighted by Crippen LogP contribution is -2.31. The third-order valence-electron chi connectivity index (χ3n) is 7.39. The number of hydrogen-bond donors (Lipinski definition) is 2. The second kappa shape index (κ2) is 11.4. The Morgan fingerprint density at radius 1 is 1.18 bits per heavy atom. The lowest BCUT2D eigenvalue weighted by Gasteiger charge is -2.22. The van der Waals surface area contributed by atoms with Crippen molar-refractivity contribution in [3.63, 3.8) is 0 Å². The minimum absolute atomic E-state index is 0.203. The number of aromatic nitrogens is 3. The van der Waals surface area contributed by atoms with Crippen molar-refractivity contribution >= 4 is 22.8 Å². The molecule has 8 heteroatoms. The Hall–Kier alpha value is -4.64. The lowest BCUT2D eigenvalue weighted by atomic mass is 10.0. The largest absolute Gasteiger partial charge is 0.373 e. The number of allylic oxidation sites excluding steroid dienone is 3. The van der Waals surface area contributed by atoms with Crippen LogP contribution in [0.5, 0.6) is 0 Å². The molecular weight excluding hydrogens is 486 g/mol. The number of benzene rings is 1. The van der Waals surface area contributed by atoms with Crippen molar-refractivity contribution < 1.29 is 4.79 Å². The van der Waals surface area contributed by atoms with Gasteiger partial charge in [-0.25, -0.2) is 9.97 Å². The molecule has 0 aliphatic carbocycles. The number of para-hydroxylation sites is 1. The Morgan fingerprint density at radius 2 is 2.00 bits per heavy atom. The molecule has 0 radical (unpaired) electrons. The van der Waals surface area contributed by atoms with Crippen molar-refractivity contribution in [2.24, 2.45) is 0 Å². The van der Waals surface area contributed by atoms with E-state index in [-0.39, 0.29) is 5.91 Å². The van der Waals surface area contributed by atoms with Gasteiger partial charge in [0.15, 0.2) is 0 Å². The molecule has 1 saturated heterocycles. The summed E-state index contributed by atoms with van der Waals surface area (Å²) in [6.07, 6.45) is 13.2. The zero-order valence-electron chi connectivity index (χ0n) is 22.3. The van der Waals surface area contributed by atoms with Gasteiger partial charge in [-0.2, -0.15) is 5.26 Å². The fourth-order valence-corrected chi connectivity index (χ4v) is 5.44. The molecule has 2 N–H and O–H groups in total. The SMILES string of the molecule is C=CC(=O)NC/C(=C\C(C)=C(/C=C)Nc1ncc(C#N)c(-c2cn3c4c(cccc24)CCC3)n1)N1CCCC1. The van der Waals surface area contributed by atoms with E-state index in [1.54, 1.807) is 12.3 Å². The minimum Gasteiger partial charge on any atom is -0.373 e. The van der Waals surface area contributed by atoms with Crippen LogP contribution in [0.4, 0.5) is 5.95 Å². The van der Waals surface area contributed by atoms with Gasteiger partial charge in [-0.1, -0.05) is 31.4 Å². The third kappa shape index (κ3) is 5.34. The van der Waals surface area contributed by atoms with Crippen molar-refractivity contribution in [2.45, 2.75) is 39.2 Å². The number of anilines is 1. The maximum Gasteiger partial charge on any atom is 0.243 e. The van der Waals surface area contributed by atoms with Crippen molar-refractivity contribution in [3.8, 4) is 17.3 Å². The number of carbonyl (C=O) groups excluding carboxylic acids is 1. The Labute approximate surface area is 229 Å². The molecule has 4 heterocycles. The van der Waals surface area contributed by atoms with E-state index < -0.39 is 0 Å². The topological polar surface area (TPSA) is 98.9 Å². The van der Waals surface area contributed by atoms with Crippen LogP contribution in [0.1, 0.15) is 37.3 Å². The number of nitrogens with one attached hydrogen (secondary N) is 2. The van der Waals surface area contributed by atoms with Crippen molar-refractivity contribution in [1.82, 2.24) is 24.8 Å². The molecule has 3 aromatic rings. The molecule has 0 spiro atoms. The van der Waals surface area contributed by atoms with Gasteiger partial charge in [-0.05, 0) is 62.0 Å². The molecule has 1 fully saturated rings. The number of hydrogen-bond acceptors (Lipinski definition) is 6. The first kappa shape index (κ1) is 26.0. The van der Waals surface area contributed by atoms with Gasteiger partial charge in [0, 0.05) is 48.2 Å². The summed E-state index contributed by atoms with van der Waals surface area (Å²) in [5, 5.41) is 17.2. The van der Waals surface area contributed by atoms with E-state index in [1.807, 2.05) is 6.92 Å². The predicted octanol–water partition coefficient (Wildman–Crippen LogP) is 5.07. The third-order valence-corrected chi connectivity index (χ3v) is 7.39. The zero-order chi connectivity index (χ0) is 27.4. The van der Waals surface area contributed by atoms with Crippen LogP contribution >= 0.6 is 0 Å². The Balaban J connectivity index is 1.49. The molecule has 0 bridgehead atoms. The minimum atomic E-state index is -0.203. The summed E-state index contributed by atoms with van der Waals surface area (Å²) in [5.74, 6) is 0.187. The van der Waals surface area contributed by atoms with Gasteiger partial charge < -0.3 is 20.1 Å². The van der Waals surface area contributed by atoms with Gasteiger partial charge >= 0.3 is 0 Å². The molecule has 5 rings (SSSR count). The molecule has 2 aliphatic rings. The first-order chi connectivity index (χ1) is 19.0. The summed E-state index contributed by atoms with van der Waals surface area (Å²) in [7, 11) is 0. The standard InChI is InChI=1S/C31H33N7O/c1-4-27(21(3)16-24(19-33-28(39)5-2)37-13-6-7-14-37)35-31-34-18-23(17-32)29(36-31)26-20-38-15-9-11-22-10-8-12-25(26)30(22)38/h4-5,8,10,12,16,18,20H,1-2,6-7,9,11,13-15,19H2,3H3,(H,33,39)(H,34,35,36)/b24-16+,27-21+. The van der Waals surface area contributed by atoms with E-state index in [1.165, 1.54) is 17.2 Å². The Morgan fingerprint density at radius 3 is 2.74 bits per heavy atom. The molecule has 39 heavy (non-hydrogen) atoms. The molecule has 2 aliphatic heterocycles.